The summed E-state index contributed by atoms with van der Waals surface area (Å²) in [4.78, 5) is 33.8. The molecule has 142 valence electrons. The van der Waals surface area contributed by atoms with Gasteiger partial charge in [0, 0.05) is 6.07 Å². The smallest absolute Gasteiger partial charge is 0.306 e. The lowest BCUT2D eigenvalue weighted by Gasteiger charge is -2.13. The molecule has 0 aliphatic carbocycles. The van der Waals surface area contributed by atoms with Crippen LogP contribution in [0.4, 0.5) is 0 Å². The maximum absolute atomic E-state index is 11.6. The molecule has 0 saturated carbocycles. The van der Waals surface area contributed by atoms with Crippen molar-refractivity contribution in [2.75, 3.05) is 13.7 Å². The van der Waals surface area contributed by atoms with Crippen molar-refractivity contribution in [3.8, 4) is 0 Å². The number of esters is 2. The molecule has 2 rings (SSSR count). The molecule has 0 radical (unpaired) electrons. The van der Waals surface area contributed by atoms with Crippen LogP contribution in [0.5, 0.6) is 0 Å². The maximum Gasteiger partial charge on any atom is 0.306 e. The van der Waals surface area contributed by atoms with Gasteiger partial charge < -0.3 is 30.2 Å². The first-order valence-corrected chi connectivity index (χ1v) is 7.88. The molecule has 2 heterocycles. The summed E-state index contributed by atoms with van der Waals surface area (Å²) in [7, 11) is 1.21. The number of rotatable bonds is 7. The summed E-state index contributed by atoms with van der Waals surface area (Å²) in [5.74, 6) is -1.85. The van der Waals surface area contributed by atoms with Gasteiger partial charge in [-0.1, -0.05) is 0 Å². The highest BCUT2D eigenvalue weighted by Gasteiger charge is 2.48. The molecule has 1 aromatic heterocycles. The van der Waals surface area contributed by atoms with E-state index in [-0.39, 0.29) is 25.0 Å². The third kappa shape index (κ3) is 4.75. The number of aliphatic hydroxyl groups is 2. The number of aliphatic hydroxyl groups excluding tert-OH is 2. The zero-order chi connectivity index (χ0) is 19.3. The molecule has 1 fully saturated rings. The predicted molar refractivity (Wildman–Crippen MR) is 83.3 cm³/mol. The van der Waals surface area contributed by atoms with Gasteiger partial charge in [0.1, 0.15) is 24.4 Å². The number of nitrogens with two attached hydrogens (primary N) is 1. The normalized spacial score (nSPS) is 24.9. The monoisotopic (exact) mass is 369 g/mol. The molecule has 0 spiro atoms. The van der Waals surface area contributed by atoms with Crippen molar-refractivity contribution in [1.82, 2.24) is 0 Å². The van der Waals surface area contributed by atoms with Crippen molar-refractivity contribution in [3.63, 3.8) is 0 Å². The minimum atomic E-state index is -1.31. The number of pyridine rings is 1. The molecule has 4 atom stereocenters. The minimum absolute atomic E-state index is 0.121. The fraction of sp³-hybridized carbons (Fsp3) is 0.500. The van der Waals surface area contributed by atoms with Gasteiger partial charge in [-0.2, -0.15) is 4.57 Å². The number of carbonyl (C=O) groups excluding carboxylic acids is 3. The van der Waals surface area contributed by atoms with E-state index in [9.17, 15) is 24.6 Å². The zero-order valence-corrected chi connectivity index (χ0v) is 14.1. The molecule has 1 amide bonds. The number of hydrogen-bond donors (Lipinski definition) is 3. The van der Waals surface area contributed by atoms with Crippen LogP contribution >= 0.6 is 0 Å². The van der Waals surface area contributed by atoms with Crippen molar-refractivity contribution in [3.05, 3.63) is 30.1 Å². The fourth-order valence-corrected chi connectivity index (χ4v) is 2.46. The topological polar surface area (TPSA) is 149 Å². The second kappa shape index (κ2) is 8.70. The van der Waals surface area contributed by atoms with Crippen LogP contribution in [0.3, 0.4) is 0 Å². The molecule has 1 aliphatic heterocycles. The third-order valence-electron chi connectivity index (χ3n) is 3.91. The molecule has 0 aromatic carbocycles. The summed E-state index contributed by atoms with van der Waals surface area (Å²) >= 11 is 0. The Morgan fingerprint density at radius 3 is 2.58 bits per heavy atom. The number of methoxy groups -OCH3 is 1. The van der Waals surface area contributed by atoms with Crippen LogP contribution in [0, 0.1) is 0 Å². The number of ether oxygens (including phenoxy) is 3. The second-order valence-electron chi connectivity index (χ2n) is 5.71. The molecule has 26 heavy (non-hydrogen) atoms. The molecule has 1 saturated heterocycles. The highest BCUT2D eigenvalue weighted by molar-refractivity contribution is 5.92. The number of nitrogens with zero attached hydrogens (tertiary/aromatic N) is 1. The van der Waals surface area contributed by atoms with E-state index in [4.69, 9.17) is 15.2 Å². The molecular weight excluding hydrogens is 348 g/mol. The molecule has 10 heteroatoms. The number of hydrogen-bond acceptors (Lipinski definition) is 8. The van der Waals surface area contributed by atoms with Gasteiger partial charge >= 0.3 is 11.9 Å². The van der Waals surface area contributed by atoms with Crippen LogP contribution in [-0.4, -0.2) is 60.1 Å². The first kappa shape index (κ1) is 19.8. The summed E-state index contributed by atoms with van der Waals surface area (Å²) < 4.78 is 16.3. The van der Waals surface area contributed by atoms with E-state index in [1.54, 1.807) is 6.07 Å². The van der Waals surface area contributed by atoms with Crippen LogP contribution < -0.4 is 10.3 Å². The average molecular weight is 369 g/mol. The van der Waals surface area contributed by atoms with Gasteiger partial charge in [-0.25, -0.2) is 0 Å². The molecule has 4 N–H and O–H groups in total. The quantitative estimate of drug-likeness (QED) is 0.376. The van der Waals surface area contributed by atoms with E-state index in [2.05, 4.69) is 4.74 Å². The number of aromatic nitrogens is 1. The molecule has 1 aliphatic rings. The summed E-state index contributed by atoms with van der Waals surface area (Å²) in [6.07, 6.45) is -1.93. The summed E-state index contributed by atoms with van der Waals surface area (Å²) in [6.45, 7) is -0.301. The Morgan fingerprint density at radius 1 is 1.23 bits per heavy atom. The van der Waals surface area contributed by atoms with Crippen LogP contribution in [0.25, 0.3) is 0 Å². The van der Waals surface area contributed by atoms with E-state index in [1.807, 2.05) is 0 Å². The minimum Gasteiger partial charge on any atom is -0.469 e. The van der Waals surface area contributed by atoms with Gasteiger partial charge in [-0.05, 0) is 6.07 Å². The Kier molecular flexibility index (Phi) is 6.61. The van der Waals surface area contributed by atoms with Crippen molar-refractivity contribution >= 4 is 17.8 Å². The van der Waals surface area contributed by atoms with E-state index < -0.39 is 42.4 Å². The molecule has 0 bridgehead atoms. The van der Waals surface area contributed by atoms with Crippen molar-refractivity contribution < 1.29 is 43.4 Å². The molecule has 0 unspecified atom stereocenters. The van der Waals surface area contributed by atoms with Gasteiger partial charge in [0.15, 0.2) is 18.5 Å². The van der Waals surface area contributed by atoms with Crippen LogP contribution in [0.2, 0.25) is 0 Å². The SMILES string of the molecule is COC(=O)CCC(=O)OC[C@H]1O[C@@H]([n+]2cccc(C(N)=O)c2)[C@H](O)[C@@H]1O. The maximum atomic E-state index is 11.6. The predicted octanol–water partition coefficient (Wildman–Crippen LogP) is -1.81. The van der Waals surface area contributed by atoms with Gasteiger partial charge in [-0.15, -0.1) is 0 Å². The van der Waals surface area contributed by atoms with Crippen LogP contribution in [0.1, 0.15) is 29.4 Å². The highest BCUT2D eigenvalue weighted by Crippen LogP contribution is 2.25. The first-order chi connectivity index (χ1) is 12.3. The Hall–Kier alpha value is -2.56. The zero-order valence-electron chi connectivity index (χ0n) is 14.1. The summed E-state index contributed by atoms with van der Waals surface area (Å²) in [5, 5.41) is 20.3. The Morgan fingerprint density at radius 2 is 1.92 bits per heavy atom. The second-order valence-corrected chi connectivity index (χ2v) is 5.71. The third-order valence-corrected chi connectivity index (χ3v) is 3.91. The van der Waals surface area contributed by atoms with Gasteiger partial charge in [0.05, 0.1) is 20.0 Å². The van der Waals surface area contributed by atoms with Crippen molar-refractivity contribution in [2.45, 2.75) is 37.4 Å². The van der Waals surface area contributed by atoms with E-state index in [0.717, 1.165) is 0 Å². The Labute approximate surface area is 149 Å². The lowest BCUT2D eigenvalue weighted by atomic mass is 10.1. The lowest BCUT2D eigenvalue weighted by Crippen LogP contribution is -2.46. The van der Waals surface area contributed by atoms with E-state index in [1.165, 1.54) is 30.1 Å². The van der Waals surface area contributed by atoms with Crippen LogP contribution in [-0.2, 0) is 23.8 Å². The van der Waals surface area contributed by atoms with E-state index in [0.29, 0.717) is 0 Å². The lowest BCUT2D eigenvalue weighted by molar-refractivity contribution is -0.765. The standard InChI is InChI=1S/C16H20N2O8/c1-24-11(19)4-5-12(20)25-8-10-13(21)14(22)16(26-10)18-6-2-3-9(7-18)15(17)23/h2-3,6-7,10,13-14,16,21-22H,4-5,8H2,1H3,(H-,17,23)/p+1/t10-,13-,14-,16-/m1/s1. The first-order valence-electron chi connectivity index (χ1n) is 7.88. The van der Waals surface area contributed by atoms with Gasteiger partial charge in [-0.3, -0.25) is 14.4 Å². The van der Waals surface area contributed by atoms with Gasteiger partial charge in [0.2, 0.25) is 0 Å². The fourth-order valence-electron chi connectivity index (χ4n) is 2.46. The number of amides is 1. The number of primary amides is 1. The van der Waals surface area contributed by atoms with Gasteiger partial charge in [0.25, 0.3) is 12.1 Å². The highest BCUT2D eigenvalue weighted by atomic mass is 16.6. The molecule has 1 aromatic rings. The van der Waals surface area contributed by atoms with E-state index >= 15 is 0 Å². The van der Waals surface area contributed by atoms with Crippen LogP contribution in [0.15, 0.2) is 24.5 Å². The molecule has 10 nitrogen and oxygen atoms in total. The van der Waals surface area contributed by atoms with Crippen molar-refractivity contribution in [2.24, 2.45) is 5.73 Å². The Balaban J connectivity index is 1.95. The largest absolute Gasteiger partial charge is 0.469 e. The van der Waals surface area contributed by atoms with Crippen molar-refractivity contribution in [1.29, 1.82) is 0 Å². The molecular formula is C16H21N2O8+. The Bertz CT molecular complexity index is 680. The average Bonchev–Trinajstić information content (AvgIpc) is 2.92. The summed E-state index contributed by atoms with van der Waals surface area (Å²) in [6, 6.07) is 3.04. The summed E-state index contributed by atoms with van der Waals surface area (Å²) in [5.41, 5.74) is 5.42. The number of carbonyl (C=O) groups is 3.